The van der Waals surface area contributed by atoms with Crippen LogP contribution in [0.2, 0.25) is 0 Å². The number of benzene rings is 1. The number of methoxy groups -OCH3 is 1. The molecule has 0 radical (unpaired) electrons. The van der Waals surface area contributed by atoms with Crippen LogP contribution in [0.5, 0.6) is 5.75 Å². The molecule has 1 aliphatic heterocycles. The van der Waals surface area contributed by atoms with Gasteiger partial charge >= 0.3 is 0 Å². The third-order valence-electron chi connectivity index (χ3n) is 4.47. The first-order valence-electron chi connectivity index (χ1n) is 8.24. The minimum absolute atomic E-state index is 0.0131. The highest BCUT2D eigenvalue weighted by Gasteiger charge is 2.33. The zero-order chi connectivity index (χ0) is 17.0. The van der Waals surface area contributed by atoms with Crippen LogP contribution in [0.15, 0.2) is 47.6 Å². The van der Waals surface area contributed by atoms with E-state index in [0.29, 0.717) is 17.2 Å². The molecule has 2 heterocycles. The molecule has 1 saturated heterocycles. The van der Waals surface area contributed by atoms with Gasteiger partial charge in [0.25, 0.3) is 0 Å². The lowest BCUT2D eigenvalue weighted by Gasteiger charge is -2.34. The number of rotatable bonds is 6. The summed E-state index contributed by atoms with van der Waals surface area (Å²) in [7, 11) is -1.97. The molecule has 0 amide bonds. The molecular weight excluding hydrogens is 326 g/mol. The molecule has 1 aromatic heterocycles. The zero-order valence-corrected chi connectivity index (χ0v) is 14.7. The maximum Gasteiger partial charge on any atom is 0.243 e. The molecule has 1 aliphatic rings. The van der Waals surface area contributed by atoms with Gasteiger partial charge in [-0.15, -0.1) is 0 Å². The van der Waals surface area contributed by atoms with Crippen molar-refractivity contribution in [2.45, 2.75) is 43.2 Å². The average molecular weight is 349 g/mol. The lowest BCUT2D eigenvalue weighted by Crippen LogP contribution is -2.44. The van der Waals surface area contributed by atoms with Gasteiger partial charge in [-0.3, -0.25) is 4.68 Å². The Bertz CT molecular complexity index is 759. The van der Waals surface area contributed by atoms with E-state index in [1.165, 1.54) is 0 Å². The van der Waals surface area contributed by atoms with Gasteiger partial charge in [-0.2, -0.15) is 9.40 Å². The van der Waals surface area contributed by atoms with E-state index in [4.69, 9.17) is 4.74 Å². The highest BCUT2D eigenvalue weighted by atomic mass is 32.2. The maximum absolute atomic E-state index is 13.1. The summed E-state index contributed by atoms with van der Waals surface area (Å²) in [6.07, 6.45) is 7.28. The summed E-state index contributed by atoms with van der Waals surface area (Å²) in [5.41, 5.74) is 0. The van der Waals surface area contributed by atoms with Crippen LogP contribution < -0.4 is 4.74 Å². The van der Waals surface area contributed by atoms with Crippen molar-refractivity contribution < 1.29 is 13.2 Å². The third-order valence-corrected chi connectivity index (χ3v) is 6.42. The fourth-order valence-electron chi connectivity index (χ4n) is 3.19. The highest BCUT2D eigenvalue weighted by Crippen LogP contribution is 2.28. The predicted molar refractivity (Wildman–Crippen MR) is 91.4 cm³/mol. The molecule has 0 N–H and O–H groups in total. The standard InChI is InChI=1S/C17H23N3O3S/c1-23-16-7-4-8-17(14-16)24(21,22)20-12-3-2-6-15(20)9-13-19-11-5-10-18-19/h4-5,7-8,10-11,14-15H,2-3,6,9,12-13H2,1H3. The largest absolute Gasteiger partial charge is 0.497 e. The van der Waals surface area contributed by atoms with Gasteiger partial charge < -0.3 is 4.74 Å². The van der Waals surface area contributed by atoms with E-state index < -0.39 is 10.0 Å². The molecule has 24 heavy (non-hydrogen) atoms. The number of aromatic nitrogens is 2. The fraction of sp³-hybridized carbons (Fsp3) is 0.471. The van der Waals surface area contributed by atoms with Gasteiger partial charge in [-0.05, 0) is 37.5 Å². The lowest BCUT2D eigenvalue weighted by molar-refractivity contribution is 0.231. The Balaban J connectivity index is 1.80. The van der Waals surface area contributed by atoms with E-state index in [1.54, 1.807) is 41.9 Å². The van der Waals surface area contributed by atoms with Crippen LogP contribution in [-0.2, 0) is 16.6 Å². The minimum Gasteiger partial charge on any atom is -0.497 e. The third kappa shape index (κ3) is 3.62. The molecular formula is C17H23N3O3S. The van der Waals surface area contributed by atoms with Gasteiger partial charge in [0.1, 0.15) is 5.75 Å². The first-order valence-corrected chi connectivity index (χ1v) is 9.68. The number of nitrogens with zero attached hydrogens (tertiary/aromatic N) is 3. The first-order chi connectivity index (χ1) is 11.6. The van der Waals surface area contributed by atoms with Gasteiger partial charge in [-0.1, -0.05) is 12.5 Å². The highest BCUT2D eigenvalue weighted by molar-refractivity contribution is 7.89. The molecule has 1 unspecified atom stereocenters. The number of aryl methyl sites for hydroxylation is 1. The smallest absolute Gasteiger partial charge is 0.243 e. The second-order valence-electron chi connectivity index (χ2n) is 6.00. The summed E-state index contributed by atoms with van der Waals surface area (Å²) < 4.78 is 34.8. The summed E-state index contributed by atoms with van der Waals surface area (Å²) in [5.74, 6) is 0.557. The van der Waals surface area contributed by atoms with E-state index in [2.05, 4.69) is 5.10 Å². The Labute approximate surface area is 143 Å². The van der Waals surface area contributed by atoms with Crippen molar-refractivity contribution in [1.29, 1.82) is 0 Å². The number of piperidine rings is 1. The maximum atomic E-state index is 13.1. The molecule has 2 aromatic rings. The molecule has 130 valence electrons. The van der Waals surface area contributed by atoms with Crippen LogP contribution in [0.25, 0.3) is 0 Å². The number of hydrogen-bond acceptors (Lipinski definition) is 4. The van der Waals surface area contributed by atoms with Gasteiger partial charge in [-0.25, -0.2) is 8.42 Å². The van der Waals surface area contributed by atoms with Crippen LogP contribution in [0.1, 0.15) is 25.7 Å². The molecule has 0 aliphatic carbocycles. The van der Waals surface area contributed by atoms with Crippen molar-refractivity contribution in [3.05, 3.63) is 42.7 Å². The van der Waals surface area contributed by atoms with Crippen molar-refractivity contribution in [2.24, 2.45) is 0 Å². The Morgan fingerprint density at radius 1 is 1.29 bits per heavy atom. The Morgan fingerprint density at radius 2 is 2.17 bits per heavy atom. The van der Waals surface area contributed by atoms with E-state index in [9.17, 15) is 8.42 Å². The van der Waals surface area contributed by atoms with E-state index in [1.807, 2.05) is 16.9 Å². The first kappa shape index (κ1) is 17.0. The van der Waals surface area contributed by atoms with Crippen molar-refractivity contribution in [3.8, 4) is 5.75 Å². The van der Waals surface area contributed by atoms with E-state index in [0.717, 1.165) is 32.2 Å². The Morgan fingerprint density at radius 3 is 2.92 bits per heavy atom. The molecule has 0 saturated carbocycles. The van der Waals surface area contributed by atoms with Gasteiger partial charge in [0.05, 0.1) is 12.0 Å². The second kappa shape index (κ2) is 7.36. The van der Waals surface area contributed by atoms with Crippen molar-refractivity contribution in [2.75, 3.05) is 13.7 Å². The summed E-state index contributed by atoms with van der Waals surface area (Å²) in [6, 6.07) is 8.59. The normalized spacial score (nSPS) is 19.3. The van der Waals surface area contributed by atoms with Gasteiger partial charge in [0.15, 0.2) is 0 Å². The van der Waals surface area contributed by atoms with Crippen molar-refractivity contribution in [3.63, 3.8) is 0 Å². The number of hydrogen-bond donors (Lipinski definition) is 0. The summed E-state index contributed by atoms with van der Waals surface area (Å²) >= 11 is 0. The lowest BCUT2D eigenvalue weighted by atomic mass is 10.0. The molecule has 1 fully saturated rings. The van der Waals surface area contributed by atoms with Gasteiger partial charge in [0, 0.05) is 37.6 Å². The molecule has 3 rings (SSSR count). The van der Waals surface area contributed by atoms with Crippen LogP contribution in [-0.4, -0.2) is 42.2 Å². The molecule has 0 bridgehead atoms. The van der Waals surface area contributed by atoms with E-state index in [-0.39, 0.29) is 6.04 Å². The van der Waals surface area contributed by atoms with Crippen LogP contribution >= 0.6 is 0 Å². The molecule has 7 heteroatoms. The van der Waals surface area contributed by atoms with Gasteiger partial charge in [0.2, 0.25) is 10.0 Å². The van der Waals surface area contributed by atoms with E-state index >= 15 is 0 Å². The van der Waals surface area contributed by atoms with Crippen LogP contribution in [0.3, 0.4) is 0 Å². The van der Waals surface area contributed by atoms with Crippen LogP contribution in [0, 0.1) is 0 Å². The molecule has 1 aromatic carbocycles. The summed E-state index contributed by atoms with van der Waals surface area (Å²) in [6.45, 7) is 1.30. The SMILES string of the molecule is COc1cccc(S(=O)(=O)N2CCCCC2CCn2cccn2)c1. The topological polar surface area (TPSA) is 64.4 Å². The minimum atomic E-state index is -3.51. The van der Waals surface area contributed by atoms with Crippen molar-refractivity contribution in [1.82, 2.24) is 14.1 Å². The Kier molecular flexibility index (Phi) is 5.20. The summed E-state index contributed by atoms with van der Waals surface area (Å²) in [5, 5.41) is 4.20. The quantitative estimate of drug-likeness (QED) is 0.804. The molecule has 6 nitrogen and oxygen atoms in total. The molecule has 1 atom stereocenters. The average Bonchev–Trinajstić information content (AvgIpc) is 3.14. The number of sulfonamides is 1. The fourth-order valence-corrected chi connectivity index (χ4v) is 4.95. The summed E-state index contributed by atoms with van der Waals surface area (Å²) in [4.78, 5) is 0.299. The van der Waals surface area contributed by atoms with Crippen LogP contribution in [0.4, 0.5) is 0 Å². The van der Waals surface area contributed by atoms with Crippen molar-refractivity contribution >= 4 is 10.0 Å². The molecule has 0 spiro atoms. The monoisotopic (exact) mass is 349 g/mol. The predicted octanol–water partition coefficient (Wildman–Crippen LogP) is 2.53. The Hall–Kier alpha value is -1.86. The zero-order valence-electron chi connectivity index (χ0n) is 13.8. The second-order valence-corrected chi connectivity index (χ2v) is 7.89. The number of ether oxygens (including phenoxy) is 1.